The molecule has 0 amide bonds. The first-order valence-electron chi connectivity index (χ1n) is 8.86. The quantitative estimate of drug-likeness (QED) is 0.390. The minimum atomic E-state index is -0.530. The third-order valence-electron chi connectivity index (χ3n) is 4.26. The number of benzene rings is 3. The van der Waals surface area contributed by atoms with Gasteiger partial charge in [-0.3, -0.25) is 4.79 Å². The maximum atomic E-state index is 13.3. The number of ketones is 1. The van der Waals surface area contributed by atoms with Crippen molar-refractivity contribution in [1.29, 1.82) is 0 Å². The number of methoxy groups -OCH3 is 1. The fourth-order valence-electron chi connectivity index (χ4n) is 2.73. The molecule has 154 valence electrons. The summed E-state index contributed by atoms with van der Waals surface area (Å²) in [6.45, 7) is 0.138. The Morgan fingerprint density at radius 2 is 1.90 bits per heavy atom. The molecular formula is C23H18ClFO5. The molecular weight excluding hydrogens is 411 g/mol. The number of rotatable bonds is 7. The average molecular weight is 429 g/mol. The highest BCUT2D eigenvalue weighted by atomic mass is 35.5. The zero-order valence-corrected chi connectivity index (χ0v) is 16.7. The molecule has 5 nitrogen and oxygen atoms in total. The molecule has 0 bridgehead atoms. The predicted molar refractivity (Wildman–Crippen MR) is 112 cm³/mol. The fourth-order valence-corrected chi connectivity index (χ4v) is 2.90. The Bertz CT molecular complexity index is 1110. The third kappa shape index (κ3) is 5.10. The minimum Gasteiger partial charge on any atom is -0.508 e. The molecule has 0 heterocycles. The molecule has 0 atom stereocenters. The van der Waals surface area contributed by atoms with Gasteiger partial charge in [0.15, 0.2) is 5.78 Å². The Labute approximate surface area is 177 Å². The van der Waals surface area contributed by atoms with E-state index in [9.17, 15) is 19.4 Å². The molecule has 2 N–H and O–H groups in total. The van der Waals surface area contributed by atoms with Gasteiger partial charge in [-0.1, -0.05) is 23.7 Å². The predicted octanol–water partition coefficient (Wildman–Crippen LogP) is 5.37. The molecule has 0 aliphatic rings. The largest absolute Gasteiger partial charge is 0.508 e. The third-order valence-corrected chi connectivity index (χ3v) is 4.55. The van der Waals surface area contributed by atoms with E-state index in [4.69, 9.17) is 21.1 Å². The molecule has 3 aromatic carbocycles. The summed E-state index contributed by atoms with van der Waals surface area (Å²) in [6, 6.07) is 13.1. The summed E-state index contributed by atoms with van der Waals surface area (Å²) in [5, 5.41) is 19.1. The summed E-state index contributed by atoms with van der Waals surface area (Å²) in [5.74, 6) is -0.382. The first-order valence-corrected chi connectivity index (χ1v) is 9.24. The van der Waals surface area contributed by atoms with E-state index in [2.05, 4.69) is 0 Å². The monoisotopic (exact) mass is 428 g/mol. The lowest BCUT2D eigenvalue weighted by Crippen LogP contribution is -2.00. The Morgan fingerprint density at radius 3 is 2.60 bits per heavy atom. The number of carbonyl (C=O) groups is 1. The minimum absolute atomic E-state index is 0.0351. The van der Waals surface area contributed by atoms with Crippen molar-refractivity contribution in [3.05, 3.63) is 88.2 Å². The van der Waals surface area contributed by atoms with Crippen molar-refractivity contribution in [2.45, 2.75) is 6.61 Å². The number of hydrogen-bond donors (Lipinski definition) is 2. The Balaban J connectivity index is 1.77. The van der Waals surface area contributed by atoms with Crippen LogP contribution in [-0.4, -0.2) is 23.1 Å². The maximum absolute atomic E-state index is 13.3. The second-order valence-electron chi connectivity index (χ2n) is 6.33. The summed E-state index contributed by atoms with van der Waals surface area (Å²) >= 11 is 5.77. The molecule has 0 saturated carbocycles. The van der Waals surface area contributed by atoms with Gasteiger partial charge >= 0.3 is 0 Å². The second kappa shape index (κ2) is 9.33. The molecule has 3 aromatic rings. The highest BCUT2D eigenvalue weighted by molar-refractivity contribution is 6.30. The lowest BCUT2D eigenvalue weighted by atomic mass is 10.1. The number of ether oxygens (including phenoxy) is 2. The van der Waals surface area contributed by atoms with Crippen molar-refractivity contribution in [2.75, 3.05) is 7.11 Å². The van der Waals surface area contributed by atoms with Gasteiger partial charge < -0.3 is 19.7 Å². The summed E-state index contributed by atoms with van der Waals surface area (Å²) < 4.78 is 24.3. The van der Waals surface area contributed by atoms with Crippen molar-refractivity contribution in [3.8, 4) is 23.0 Å². The normalized spacial score (nSPS) is 10.9. The highest BCUT2D eigenvalue weighted by Crippen LogP contribution is 2.26. The molecule has 0 aliphatic heterocycles. The standard InChI is InChI=1S/C23H18ClFO5/c1-29-23-9-3-14(2-8-21(27)18-6-4-16(26)11-22(18)28)10-15(23)13-30-17-5-7-20(25)19(24)12-17/h2-12,26,28H,13H2,1H3/b8-2+. The van der Waals surface area contributed by atoms with Crippen molar-refractivity contribution < 1.29 is 28.9 Å². The molecule has 3 rings (SSSR count). The summed E-state index contributed by atoms with van der Waals surface area (Å²) in [5.41, 5.74) is 1.49. The molecule has 0 spiro atoms. The van der Waals surface area contributed by atoms with Crippen LogP contribution >= 0.6 is 11.6 Å². The van der Waals surface area contributed by atoms with E-state index in [1.165, 1.54) is 43.5 Å². The van der Waals surface area contributed by atoms with Gasteiger partial charge in [0.1, 0.15) is 35.4 Å². The Hall–Kier alpha value is -3.51. The van der Waals surface area contributed by atoms with Crippen LogP contribution in [-0.2, 0) is 6.61 Å². The van der Waals surface area contributed by atoms with Crippen LogP contribution in [0.15, 0.2) is 60.7 Å². The van der Waals surface area contributed by atoms with Crippen LogP contribution in [0.5, 0.6) is 23.0 Å². The number of phenols is 2. The fraction of sp³-hybridized carbons (Fsp3) is 0.0870. The van der Waals surface area contributed by atoms with Crippen molar-refractivity contribution >= 4 is 23.5 Å². The number of carbonyl (C=O) groups excluding carboxylic acids is 1. The van der Waals surface area contributed by atoms with Gasteiger partial charge in [-0.15, -0.1) is 0 Å². The van der Waals surface area contributed by atoms with Crippen LogP contribution in [0, 0.1) is 5.82 Å². The van der Waals surface area contributed by atoms with E-state index >= 15 is 0 Å². The Kier molecular flexibility index (Phi) is 6.59. The molecule has 30 heavy (non-hydrogen) atoms. The van der Waals surface area contributed by atoms with E-state index in [0.717, 1.165) is 6.07 Å². The summed E-state index contributed by atoms with van der Waals surface area (Å²) in [6.07, 6.45) is 2.91. The first kappa shape index (κ1) is 21.2. The second-order valence-corrected chi connectivity index (χ2v) is 6.74. The molecule has 0 radical (unpaired) electrons. The molecule has 0 unspecified atom stereocenters. The lowest BCUT2D eigenvalue weighted by molar-refractivity contribution is 0.104. The van der Waals surface area contributed by atoms with E-state index < -0.39 is 11.6 Å². The zero-order valence-electron chi connectivity index (χ0n) is 15.9. The van der Waals surface area contributed by atoms with Crippen LogP contribution in [0.3, 0.4) is 0 Å². The summed E-state index contributed by atoms with van der Waals surface area (Å²) in [7, 11) is 1.53. The van der Waals surface area contributed by atoms with Crippen molar-refractivity contribution in [1.82, 2.24) is 0 Å². The number of hydrogen-bond acceptors (Lipinski definition) is 5. The van der Waals surface area contributed by atoms with Gasteiger partial charge in [0.25, 0.3) is 0 Å². The first-order chi connectivity index (χ1) is 14.4. The molecule has 0 aliphatic carbocycles. The van der Waals surface area contributed by atoms with Crippen molar-refractivity contribution in [2.24, 2.45) is 0 Å². The zero-order chi connectivity index (χ0) is 21.7. The van der Waals surface area contributed by atoms with Crippen molar-refractivity contribution in [3.63, 3.8) is 0 Å². The van der Waals surface area contributed by atoms with E-state index in [-0.39, 0.29) is 28.7 Å². The van der Waals surface area contributed by atoms with Crippen LogP contribution in [0.1, 0.15) is 21.5 Å². The topological polar surface area (TPSA) is 76.0 Å². The lowest BCUT2D eigenvalue weighted by Gasteiger charge is -2.11. The van der Waals surface area contributed by atoms with Crippen LogP contribution in [0.2, 0.25) is 5.02 Å². The number of aromatic hydroxyl groups is 2. The van der Waals surface area contributed by atoms with Gasteiger partial charge in [-0.2, -0.15) is 0 Å². The highest BCUT2D eigenvalue weighted by Gasteiger charge is 2.10. The van der Waals surface area contributed by atoms with E-state index in [1.807, 2.05) is 0 Å². The van der Waals surface area contributed by atoms with E-state index in [1.54, 1.807) is 24.3 Å². The number of phenolic OH excluding ortho intramolecular Hbond substituents is 2. The number of allylic oxidation sites excluding steroid dienone is 1. The molecule has 0 fully saturated rings. The van der Waals surface area contributed by atoms with Crippen LogP contribution in [0.4, 0.5) is 4.39 Å². The smallest absolute Gasteiger partial charge is 0.189 e. The number of halogens is 2. The van der Waals surface area contributed by atoms with Gasteiger partial charge in [0.2, 0.25) is 0 Å². The summed E-state index contributed by atoms with van der Waals surface area (Å²) in [4.78, 5) is 12.3. The van der Waals surface area contributed by atoms with Gasteiger partial charge in [-0.05, 0) is 48.0 Å². The maximum Gasteiger partial charge on any atom is 0.189 e. The SMILES string of the molecule is COc1ccc(/C=C/C(=O)c2ccc(O)cc2O)cc1COc1ccc(F)c(Cl)c1. The molecule has 0 saturated heterocycles. The van der Waals surface area contributed by atoms with E-state index in [0.29, 0.717) is 22.6 Å². The van der Waals surface area contributed by atoms with Gasteiger partial charge in [0, 0.05) is 17.7 Å². The van der Waals surface area contributed by atoms with Gasteiger partial charge in [-0.25, -0.2) is 4.39 Å². The van der Waals surface area contributed by atoms with Crippen LogP contribution < -0.4 is 9.47 Å². The Morgan fingerprint density at radius 1 is 1.10 bits per heavy atom. The molecule has 7 heteroatoms. The van der Waals surface area contributed by atoms with Crippen LogP contribution in [0.25, 0.3) is 6.08 Å². The average Bonchev–Trinajstić information content (AvgIpc) is 2.73. The van der Waals surface area contributed by atoms with Gasteiger partial charge in [0.05, 0.1) is 17.7 Å². The molecule has 0 aromatic heterocycles.